The molecule has 0 aromatic heterocycles. The topological polar surface area (TPSA) is 32.7 Å². The Labute approximate surface area is 113 Å². The van der Waals surface area contributed by atoms with Crippen molar-refractivity contribution in [3.8, 4) is 5.75 Å². The van der Waals surface area contributed by atoms with Gasteiger partial charge in [0.15, 0.2) is 0 Å². The second-order valence-corrected chi connectivity index (χ2v) is 5.84. The quantitative estimate of drug-likeness (QED) is 0.782. The monoisotopic (exact) mass is 265 g/mol. The minimum absolute atomic E-state index is 0.311. The number of aliphatic hydroxyl groups excluding tert-OH is 1. The summed E-state index contributed by atoms with van der Waals surface area (Å²) < 4.78 is 19.5. The normalized spacial score (nSPS) is 31.6. The maximum atomic E-state index is 13.3. The van der Waals surface area contributed by atoms with E-state index in [0.29, 0.717) is 17.7 Å². The van der Waals surface area contributed by atoms with Crippen LogP contribution in [0.4, 0.5) is 4.39 Å². The van der Waals surface area contributed by atoms with E-state index in [4.69, 9.17) is 4.74 Å². The summed E-state index contributed by atoms with van der Waals surface area (Å²) in [6, 6.07) is 4.41. The largest absolute Gasteiger partial charge is 0.487 e. The molecular formula is C15H20FNO2. The van der Waals surface area contributed by atoms with Gasteiger partial charge in [0.2, 0.25) is 0 Å². The average molecular weight is 265 g/mol. The van der Waals surface area contributed by atoms with Gasteiger partial charge in [-0.25, -0.2) is 4.39 Å². The highest BCUT2D eigenvalue weighted by Crippen LogP contribution is 2.44. The third kappa shape index (κ3) is 2.47. The van der Waals surface area contributed by atoms with Crippen molar-refractivity contribution in [3.05, 3.63) is 29.6 Å². The van der Waals surface area contributed by atoms with Crippen molar-refractivity contribution in [2.45, 2.75) is 37.4 Å². The van der Waals surface area contributed by atoms with Crippen molar-refractivity contribution in [1.82, 2.24) is 4.90 Å². The van der Waals surface area contributed by atoms with Gasteiger partial charge in [-0.2, -0.15) is 0 Å². The zero-order chi connectivity index (χ0) is 13.5. The first-order valence-electron chi connectivity index (χ1n) is 6.93. The lowest BCUT2D eigenvalue weighted by Crippen LogP contribution is -2.41. The van der Waals surface area contributed by atoms with Gasteiger partial charge in [0.05, 0.1) is 6.10 Å². The first-order valence-corrected chi connectivity index (χ1v) is 6.93. The SMILES string of the molecule is CN1CCCC2(CC1)C[C@@H](O)c1ccc(F)cc1O2. The van der Waals surface area contributed by atoms with E-state index in [9.17, 15) is 9.50 Å². The molecular weight excluding hydrogens is 245 g/mol. The van der Waals surface area contributed by atoms with Gasteiger partial charge in [-0.05, 0) is 45.0 Å². The number of ether oxygens (including phenoxy) is 1. The molecule has 2 aliphatic heterocycles. The number of halogens is 1. The van der Waals surface area contributed by atoms with Crippen molar-refractivity contribution < 1.29 is 14.2 Å². The molecule has 1 N–H and O–H groups in total. The third-order valence-corrected chi connectivity index (χ3v) is 4.35. The first kappa shape index (κ1) is 12.9. The fraction of sp³-hybridized carbons (Fsp3) is 0.600. The predicted molar refractivity (Wildman–Crippen MR) is 70.7 cm³/mol. The summed E-state index contributed by atoms with van der Waals surface area (Å²) in [7, 11) is 2.10. The molecule has 0 saturated carbocycles. The molecule has 0 amide bonds. The van der Waals surface area contributed by atoms with Crippen LogP contribution >= 0.6 is 0 Å². The van der Waals surface area contributed by atoms with Crippen molar-refractivity contribution in [2.24, 2.45) is 0 Å². The molecule has 1 unspecified atom stereocenters. The summed E-state index contributed by atoms with van der Waals surface area (Å²) in [5, 5.41) is 10.3. The van der Waals surface area contributed by atoms with Gasteiger partial charge in [0.25, 0.3) is 0 Å². The number of benzene rings is 1. The first-order chi connectivity index (χ1) is 9.08. The Hall–Kier alpha value is -1.13. The van der Waals surface area contributed by atoms with E-state index in [-0.39, 0.29) is 11.4 Å². The summed E-state index contributed by atoms with van der Waals surface area (Å²) in [6.07, 6.45) is 2.92. The van der Waals surface area contributed by atoms with Gasteiger partial charge < -0.3 is 14.7 Å². The van der Waals surface area contributed by atoms with Crippen LogP contribution in [0.5, 0.6) is 5.75 Å². The fourth-order valence-corrected chi connectivity index (χ4v) is 3.22. The zero-order valence-corrected chi connectivity index (χ0v) is 11.2. The molecule has 0 radical (unpaired) electrons. The lowest BCUT2D eigenvalue weighted by Gasteiger charge is -2.40. The van der Waals surface area contributed by atoms with E-state index in [1.807, 2.05) is 0 Å². The Kier molecular flexibility index (Phi) is 3.23. The molecule has 0 aliphatic carbocycles. The van der Waals surface area contributed by atoms with Gasteiger partial charge in [0, 0.05) is 24.6 Å². The van der Waals surface area contributed by atoms with Gasteiger partial charge in [-0.1, -0.05) is 0 Å². The van der Waals surface area contributed by atoms with E-state index in [1.165, 1.54) is 12.1 Å². The fourth-order valence-electron chi connectivity index (χ4n) is 3.22. The van der Waals surface area contributed by atoms with Gasteiger partial charge in [-0.3, -0.25) is 0 Å². The van der Waals surface area contributed by atoms with Crippen LogP contribution in [0.25, 0.3) is 0 Å². The highest BCUT2D eigenvalue weighted by Gasteiger charge is 2.41. The number of nitrogens with zero attached hydrogens (tertiary/aromatic N) is 1. The molecule has 1 aromatic rings. The summed E-state index contributed by atoms with van der Waals surface area (Å²) in [5.74, 6) is 0.206. The molecule has 1 spiro atoms. The minimum atomic E-state index is -0.548. The maximum Gasteiger partial charge on any atom is 0.128 e. The lowest BCUT2D eigenvalue weighted by atomic mass is 9.83. The Bertz CT molecular complexity index is 479. The molecule has 104 valence electrons. The molecule has 1 saturated heterocycles. The molecule has 2 atom stereocenters. The minimum Gasteiger partial charge on any atom is -0.487 e. The van der Waals surface area contributed by atoms with Crippen LogP contribution < -0.4 is 4.74 Å². The van der Waals surface area contributed by atoms with E-state index in [2.05, 4.69) is 11.9 Å². The van der Waals surface area contributed by atoms with E-state index in [1.54, 1.807) is 6.07 Å². The predicted octanol–water partition coefficient (Wildman–Crippen LogP) is 2.50. The van der Waals surface area contributed by atoms with Crippen molar-refractivity contribution in [1.29, 1.82) is 0 Å². The van der Waals surface area contributed by atoms with Crippen LogP contribution in [0.3, 0.4) is 0 Å². The zero-order valence-electron chi connectivity index (χ0n) is 11.2. The Morgan fingerprint density at radius 3 is 3.05 bits per heavy atom. The third-order valence-electron chi connectivity index (χ3n) is 4.35. The number of likely N-dealkylation sites (tertiary alicyclic amines) is 1. The van der Waals surface area contributed by atoms with Gasteiger partial charge >= 0.3 is 0 Å². The molecule has 2 heterocycles. The van der Waals surface area contributed by atoms with Crippen LogP contribution in [0.1, 0.15) is 37.4 Å². The lowest BCUT2D eigenvalue weighted by molar-refractivity contribution is -0.0238. The number of aliphatic hydroxyl groups is 1. The van der Waals surface area contributed by atoms with E-state index >= 15 is 0 Å². The number of hydrogen-bond donors (Lipinski definition) is 1. The molecule has 1 fully saturated rings. The summed E-state index contributed by atoms with van der Waals surface area (Å²) in [5.41, 5.74) is 0.384. The molecule has 4 heteroatoms. The highest BCUT2D eigenvalue weighted by atomic mass is 19.1. The van der Waals surface area contributed by atoms with Crippen molar-refractivity contribution in [2.75, 3.05) is 20.1 Å². The molecule has 19 heavy (non-hydrogen) atoms. The number of hydrogen-bond acceptors (Lipinski definition) is 3. The van der Waals surface area contributed by atoms with Crippen molar-refractivity contribution in [3.63, 3.8) is 0 Å². The highest BCUT2D eigenvalue weighted by molar-refractivity contribution is 5.38. The smallest absolute Gasteiger partial charge is 0.128 e. The van der Waals surface area contributed by atoms with E-state index < -0.39 is 6.10 Å². The average Bonchev–Trinajstić information content (AvgIpc) is 2.52. The molecule has 2 aliphatic rings. The van der Waals surface area contributed by atoms with Gasteiger partial charge in [-0.15, -0.1) is 0 Å². The van der Waals surface area contributed by atoms with Crippen LogP contribution in [0.2, 0.25) is 0 Å². The summed E-state index contributed by atoms with van der Waals surface area (Å²) in [6.45, 7) is 2.01. The second-order valence-electron chi connectivity index (χ2n) is 5.84. The van der Waals surface area contributed by atoms with Crippen LogP contribution in [-0.4, -0.2) is 35.7 Å². The molecule has 3 rings (SSSR count). The van der Waals surface area contributed by atoms with Crippen LogP contribution in [0, 0.1) is 5.82 Å². The second kappa shape index (κ2) is 4.76. The number of rotatable bonds is 0. The summed E-state index contributed by atoms with van der Waals surface area (Å²) >= 11 is 0. The van der Waals surface area contributed by atoms with Crippen LogP contribution in [0.15, 0.2) is 18.2 Å². The van der Waals surface area contributed by atoms with E-state index in [0.717, 1.165) is 32.4 Å². The molecule has 3 nitrogen and oxygen atoms in total. The van der Waals surface area contributed by atoms with Gasteiger partial charge in [0.1, 0.15) is 17.2 Å². The molecule has 1 aromatic carbocycles. The molecule has 0 bridgehead atoms. The Morgan fingerprint density at radius 1 is 1.37 bits per heavy atom. The maximum absolute atomic E-state index is 13.3. The standard InChI is InChI=1S/C15H20FNO2/c1-17-7-2-5-15(6-8-17)10-13(18)12-4-3-11(16)9-14(12)19-15/h3-4,9,13,18H,2,5-8,10H2,1H3/t13-,15?/m1/s1. The number of fused-ring (bicyclic) bond motifs is 1. The Balaban J connectivity index is 1.90. The van der Waals surface area contributed by atoms with Crippen LogP contribution in [-0.2, 0) is 0 Å². The Morgan fingerprint density at radius 2 is 2.21 bits per heavy atom. The summed E-state index contributed by atoms with van der Waals surface area (Å²) in [4.78, 5) is 2.28. The van der Waals surface area contributed by atoms with Crippen molar-refractivity contribution >= 4 is 0 Å².